The number of nitriles is 1. The van der Waals surface area contributed by atoms with Crippen LogP contribution in [0.4, 0.5) is 11.4 Å². The van der Waals surface area contributed by atoms with Crippen LogP contribution in [-0.4, -0.2) is 30.7 Å². The highest BCUT2D eigenvalue weighted by Crippen LogP contribution is 2.27. The lowest BCUT2D eigenvalue weighted by Crippen LogP contribution is -2.21. The largest absolute Gasteiger partial charge is 0.507 e. The highest BCUT2D eigenvalue weighted by molar-refractivity contribution is 6.09. The number of nitrogens with zero attached hydrogens (tertiary/aromatic N) is 2. The number of amides is 1. The van der Waals surface area contributed by atoms with E-state index in [1.54, 1.807) is 36.4 Å². The van der Waals surface area contributed by atoms with Crippen LogP contribution in [0.2, 0.25) is 0 Å². The molecule has 0 bridgehead atoms. The summed E-state index contributed by atoms with van der Waals surface area (Å²) in [6.07, 6.45) is 1.38. The smallest absolute Gasteiger partial charge is 0.266 e. The number of aromatic hydroxyl groups is 1. The van der Waals surface area contributed by atoms with Gasteiger partial charge < -0.3 is 20.1 Å². The fourth-order valence-corrected chi connectivity index (χ4v) is 2.74. The summed E-state index contributed by atoms with van der Waals surface area (Å²) < 4.78 is 5.36. The molecule has 28 heavy (non-hydrogen) atoms. The maximum Gasteiger partial charge on any atom is 0.266 e. The normalized spacial score (nSPS) is 10.9. The Balaban J connectivity index is 2.18. The minimum absolute atomic E-state index is 0.0195. The first kappa shape index (κ1) is 20.8. The molecule has 0 atom stereocenters. The number of benzene rings is 2. The van der Waals surface area contributed by atoms with Crippen molar-refractivity contribution in [2.45, 2.75) is 20.8 Å². The Kier molecular flexibility index (Phi) is 7.46. The third-order valence-corrected chi connectivity index (χ3v) is 4.23. The Morgan fingerprint density at radius 3 is 2.39 bits per heavy atom. The summed E-state index contributed by atoms with van der Waals surface area (Å²) in [5.74, 6) is 0.180. The molecule has 0 saturated carbocycles. The summed E-state index contributed by atoms with van der Waals surface area (Å²) in [6.45, 7) is 8.16. The molecule has 0 unspecified atom stereocenters. The molecule has 2 aromatic carbocycles. The molecule has 0 aliphatic rings. The Morgan fingerprint density at radius 1 is 1.18 bits per heavy atom. The van der Waals surface area contributed by atoms with Gasteiger partial charge in [-0.05, 0) is 63.2 Å². The Labute approximate surface area is 165 Å². The van der Waals surface area contributed by atoms with E-state index in [0.29, 0.717) is 23.6 Å². The predicted octanol–water partition coefficient (Wildman–Crippen LogP) is 4.18. The molecule has 6 heteroatoms. The highest BCUT2D eigenvalue weighted by Gasteiger charge is 2.12. The summed E-state index contributed by atoms with van der Waals surface area (Å²) in [5.41, 5.74) is 1.75. The van der Waals surface area contributed by atoms with Crippen molar-refractivity contribution in [1.82, 2.24) is 0 Å². The maximum absolute atomic E-state index is 12.4. The molecule has 0 aliphatic heterocycles. The van der Waals surface area contributed by atoms with Crippen LogP contribution in [0.1, 0.15) is 26.3 Å². The number of phenolic OH excluding ortho intramolecular Hbond substituents is 1. The number of anilines is 2. The van der Waals surface area contributed by atoms with Gasteiger partial charge in [-0.2, -0.15) is 5.26 Å². The summed E-state index contributed by atoms with van der Waals surface area (Å²) in [7, 11) is 0. The second-order valence-corrected chi connectivity index (χ2v) is 6.00. The van der Waals surface area contributed by atoms with Gasteiger partial charge in [0.2, 0.25) is 0 Å². The average Bonchev–Trinajstić information content (AvgIpc) is 2.70. The Hall–Kier alpha value is -3.46. The Morgan fingerprint density at radius 2 is 1.86 bits per heavy atom. The predicted molar refractivity (Wildman–Crippen MR) is 111 cm³/mol. The number of carbonyl (C=O) groups excluding carboxylic acids is 1. The van der Waals surface area contributed by atoms with Crippen LogP contribution >= 0.6 is 0 Å². The molecule has 0 fully saturated rings. The van der Waals surface area contributed by atoms with Gasteiger partial charge >= 0.3 is 0 Å². The van der Waals surface area contributed by atoms with Crippen LogP contribution in [0.25, 0.3) is 6.08 Å². The fraction of sp³-hybridized carbons (Fsp3) is 0.273. The monoisotopic (exact) mass is 379 g/mol. The number of phenols is 1. The summed E-state index contributed by atoms with van der Waals surface area (Å²) in [5, 5.41) is 22.3. The van der Waals surface area contributed by atoms with Gasteiger partial charge in [0, 0.05) is 36.1 Å². The highest BCUT2D eigenvalue weighted by atomic mass is 16.5. The number of ether oxygens (including phenoxy) is 1. The zero-order valence-corrected chi connectivity index (χ0v) is 16.4. The van der Waals surface area contributed by atoms with E-state index in [9.17, 15) is 15.2 Å². The van der Waals surface area contributed by atoms with Crippen molar-refractivity contribution >= 4 is 23.4 Å². The lowest BCUT2D eigenvalue weighted by molar-refractivity contribution is -0.112. The molecule has 6 nitrogen and oxygen atoms in total. The lowest BCUT2D eigenvalue weighted by Gasteiger charge is -2.21. The van der Waals surface area contributed by atoms with Crippen molar-refractivity contribution in [3.63, 3.8) is 0 Å². The van der Waals surface area contributed by atoms with Gasteiger partial charge in [0.15, 0.2) is 0 Å². The third-order valence-electron chi connectivity index (χ3n) is 4.23. The average molecular weight is 379 g/mol. The summed E-state index contributed by atoms with van der Waals surface area (Å²) >= 11 is 0. The van der Waals surface area contributed by atoms with Crippen LogP contribution in [-0.2, 0) is 4.79 Å². The molecule has 1 amide bonds. The Bertz CT molecular complexity index is 879. The molecule has 0 heterocycles. The number of hydrogen-bond donors (Lipinski definition) is 2. The number of nitrogens with one attached hydrogen (secondary N) is 1. The zero-order valence-electron chi connectivity index (χ0n) is 16.4. The van der Waals surface area contributed by atoms with E-state index in [2.05, 4.69) is 10.2 Å². The van der Waals surface area contributed by atoms with Crippen LogP contribution in [0.3, 0.4) is 0 Å². The van der Waals surface area contributed by atoms with Gasteiger partial charge in [-0.3, -0.25) is 4.79 Å². The van der Waals surface area contributed by atoms with Crippen molar-refractivity contribution in [1.29, 1.82) is 5.26 Å². The molecule has 0 aliphatic carbocycles. The lowest BCUT2D eigenvalue weighted by atomic mass is 10.1. The van der Waals surface area contributed by atoms with E-state index in [1.807, 2.05) is 32.9 Å². The van der Waals surface area contributed by atoms with Crippen molar-refractivity contribution in [2.75, 3.05) is 29.9 Å². The standard InChI is InChI=1S/C22H25N3O3/c1-4-25(5-2)19-10-7-16(21(26)14-19)13-17(15-23)22(27)24-18-8-11-20(12-9-18)28-6-3/h7-14,26H,4-6H2,1-3H3,(H,24,27)/b17-13+. The van der Waals surface area contributed by atoms with Gasteiger partial charge in [0.25, 0.3) is 5.91 Å². The topological polar surface area (TPSA) is 85.6 Å². The maximum atomic E-state index is 12.4. The number of carbonyl (C=O) groups is 1. The number of rotatable bonds is 8. The van der Waals surface area contributed by atoms with Crippen LogP contribution in [0.5, 0.6) is 11.5 Å². The molecule has 2 N–H and O–H groups in total. The van der Waals surface area contributed by atoms with Crippen molar-refractivity contribution < 1.29 is 14.6 Å². The quantitative estimate of drug-likeness (QED) is 0.531. The van der Waals surface area contributed by atoms with E-state index in [4.69, 9.17) is 4.74 Å². The molecule has 0 radical (unpaired) electrons. The van der Waals surface area contributed by atoms with E-state index in [-0.39, 0.29) is 11.3 Å². The molecule has 0 saturated heterocycles. The SMILES string of the molecule is CCOc1ccc(NC(=O)/C(C#N)=C/c2ccc(N(CC)CC)cc2O)cc1. The van der Waals surface area contributed by atoms with Gasteiger partial charge in [-0.25, -0.2) is 0 Å². The minimum Gasteiger partial charge on any atom is -0.507 e. The van der Waals surface area contributed by atoms with Gasteiger partial charge in [-0.1, -0.05) is 0 Å². The summed E-state index contributed by atoms with van der Waals surface area (Å²) in [6, 6.07) is 14.0. The third kappa shape index (κ3) is 5.27. The van der Waals surface area contributed by atoms with Crippen molar-refractivity contribution in [3.8, 4) is 17.6 Å². The van der Waals surface area contributed by atoms with Gasteiger partial charge in [0.05, 0.1) is 6.61 Å². The molecule has 0 aromatic heterocycles. The molecule has 0 spiro atoms. The first-order valence-electron chi connectivity index (χ1n) is 9.26. The molecular weight excluding hydrogens is 354 g/mol. The fourth-order valence-electron chi connectivity index (χ4n) is 2.74. The van der Waals surface area contributed by atoms with E-state index in [0.717, 1.165) is 18.8 Å². The second-order valence-electron chi connectivity index (χ2n) is 6.00. The van der Waals surface area contributed by atoms with Crippen LogP contribution in [0.15, 0.2) is 48.0 Å². The zero-order chi connectivity index (χ0) is 20.5. The minimum atomic E-state index is -0.543. The van der Waals surface area contributed by atoms with Gasteiger partial charge in [0.1, 0.15) is 23.1 Å². The number of hydrogen-bond acceptors (Lipinski definition) is 5. The first-order valence-corrected chi connectivity index (χ1v) is 9.26. The molecule has 2 rings (SSSR count). The van der Waals surface area contributed by atoms with E-state index in [1.165, 1.54) is 6.08 Å². The second kappa shape index (κ2) is 10.0. The van der Waals surface area contributed by atoms with Crippen LogP contribution < -0.4 is 15.0 Å². The van der Waals surface area contributed by atoms with Crippen molar-refractivity contribution in [3.05, 3.63) is 53.6 Å². The molecular formula is C22H25N3O3. The molecule has 2 aromatic rings. The van der Waals surface area contributed by atoms with E-state index >= 15 is 0 Å². The van der Waals surface area contributed by atoms with Gasteiger partial charge in [-0.15, -0.1) is 0 Å². The summed E-state index contributed by atoms with van der Waals surface area (Å²) in [4.78, 5) is 14.5. The first-order chi connectivity index (χ1) is 13.5. The molecule has 146 valence electrons. The van der Waals surface area contributed by atoms with Crippen molar-refractivity contribution in [2.24, 2.45) is 0 Å². The van der Waals surface area contributed by atoms with E-state index < -0.39 is 5.91 Å². The van der Waals surface area contributed by atoms with Crippen LogP contribution in [0, 0.1) is 11.3 Å².